The lowest BCUT2D eigenvalue weighted by atomic mass is 10.1. The molecule has 0 radical (unpaired) electrons. The molecule has 6 nitrogen and oxygen atoms in total. The molecule has 0 aromatic heterocycles. The number of hydrogen-bond donors (Lipinski definition) is 2. The lowest BCUT2D eigenvalue weighted by Crippen LogP contribution is -2.40. The van der Waals surface area contributed by atoms with Crippen LogP contribution in [0.15, 0.2) is 0 Å². The summed E-state index contributed by atoms with van der Waals surface area (Å²) in [6.07, 6.45) is 4.05. The Morgan fingerprint density at radius 2 is 1.95 bits per heavy atom. The number of nitrogens with one attached hydrogen (secondary N) is 2. The van der Waals surface area contributed by atoms with E-state index in [2.05, 4.69) is 17.6 Å². The molecule has 0 aromatic carbocycles. The van der Waals surface area contributed by atoms with Crippen molar-refractivity contribution in [3.63, 3.8) is 0 Å². The summed E-state index contributed by atoms with van der Waals surface area (Å²) in [5.41, 5.74) is -0.834. The van der Waals surface area contributed by atoms with Crippen LogP contribution >= 0.6 is 0 Å². The van der Waals surface area contributed by atoms with Gasteiger partial charge in [0.05, 0.1) is 0 Å². The summed E-state index contributed by atoms with van der Waals surface area (Å²) in [7, 11) is 0. The number of imide groups is 1. The molecular formula is C14H25N3O3. The van der Waals surface area contributed by atoms with E-state index in [-0.39, 0.29) is 24.4 Å². The lowest BCUT2D eigenvalue weighted by Gasteiger charge is -2.15. The fraction of sp³-hybridized carbons (Fsp3) is 0.786. The topological polar surface area (TPSA) is 78.5 Å². The number of urea groups is 1. The maximum Gasteiger partial charge on any atom is 0.325 e. The molecule has 6 heteroatoms. The second-order valence-electron chi connectivity index (χ2n) is 5.67. The van der Waals surface area contributed by atoms with Crippen LogP contribution in [0.2, 0.25) is 0 Å². The molecule has 20 heavy (non-hydrogen) atoms. The van der Waals surface area contributed by atoms with Crippen LogP contribution in [0.3, 0.4) is 0 Å². The van der Waals surface area contributed by atoms with Gasteiger partial charge < -0.3 is 10.6 Å². The predicted molar refractivity (Wildman–Crippen MR) is 76.1 cm³/mol. The van der Waals surface area contributed by atoms with Gasteiger partial charge in [0, 0.05) is 19.5 Å². The summed E-state index contributed by atoms with van der Waals surface area (Å²) < 4.78 is 0. The van der Waals surface area contributed by atoms with Crippen molar-refractivity contribution in [3.8, 4) is 0 Å². The zero-order valence-electron chi connectivity index (χ0n) is 12.6. The van der Waals surface area contributed by atoms with Crippen LogP contribution in [0, 0.1) is 0 Å². The number of nitrogens with zero attached hydrogens (tertiary/aromatic N) is 1. The molecule has 0 unspecified atom stereocenters. The summed E-state index contributed by atoms with van der Waals surface area (Å²) in [5, 5.41) is 5.45. The van der Waals surface area contributed by atoms with Gasteiger partial charge in [-0.2, -0.15) is 0 Å². The largest absolute Gasteiger partial charge is 0.356 e. The van der Waals surface area contributed by atoms with Gasteiger partial charge in [0.2, 0.25) is 5.91 Å². The zero-order chi connectivity index (χ0) is 15.2. The van der Waals surface area contributed by atoms with E-state index in [0.717, 1.165) is 19.3 Å². The molecule has 0 bridgehead atoms. The third-order valence-corrected chi connectivity index (χ3v) is 3.33. The van der Waals surface area contributed by atoms with Gasteiger partial charge in [-0.3, -0.25) is 14.5 Å². The van der Waals surface area contributed by atoms with E-state index in [1.54, 1.807) is 13.8 Å². The van der Waals surface area contributed by atoms with E-state index in [9.17, 15) is 14.4 Å². The first-order valence-corrected chi connectivity index (χ1v) is 7.29. The monoisotopic (exact) mass is 283 g/mol. The van der Waals surface area contributed by atoms with Crippen LogP contribution in [0.4, 0.5) is 4.79 Å². The first-order chi connectivity index (χ1) is 9.38. The Kier molecular flexibility index (Phi) is 5.98. The minimum Gasteiger partial charge on any atom is -0.356 e. The molecule has 1 aliphatic rings. The normalized spacial score (nSPS) is 17.2. The molecule has 2 N–H and O–H groups in total. The first-order valence-electron chi connectivity index (χ1n) is 7.29. The minimum atomic E-state index is -0.834. The molecule has 0 aromatic rings. The Morgan fingerprint density at radius 3 is 2.50 bits per heavy atom. The van der Waals surface area contributed by atoms with Gasteiger partial charge in [-0.25, -0.2) is 4.79 Å². The van der Waals surface area contributed by atoms with Crippen molar-refractivity contribution >= 4 is 17.8 Å². The van der Waals surface area contributed by atoms with Gasteiger partial charge in [0.25, 0.3) is 5.91 Å². The quantitative estimate of drug-likeness (QED) is 0.522. The average molecular weight is 283 g/mol. The van der Waals surface area contributed by atoms with Gasteiger partial charge in [0.15, 0.2) is 0 Å². The van der Waals surface area contributed by atoms with E-state index in [4.69, 9.17) is 0 Å². The molecule has 1 heterocycles. The van der Waals surface area contributed by atoms with Crippen molar-refractivity contribution < 1.29 is 14.4 Å². The third-order valence-electron chi connectivity index (χ3n) is 3.33. The molecular weight excluding hydrogens is 258 g/mol. The lowest BCUT2D eigenvalue weighted by molar-refractivity contribution is -0.130. The fourth-order valence-electron chi connectivity index (χ4n) is 2.11. The van der Waals surface area contributed by atoms with E-state index >= 15 is 0 Å². The number of carbonyl (C=O) groups is 3. The second kappa shape index (κ2) is 7.26. The second-order valence-corrected chi connectivity index (χ2v) is 5.67. The number of rotatable bonds is 8. The molecule has 1 rings (SSSR count). The van der Waals surface area contributed by atoms with Gasteiger partial charge >= 0.3 is 6.03 Å². The van der Waals surface area contributed by atoms with Crippen LogP contribution in [-0.2, 0) is 9.59 Å². The van der Waals surface area contributed by atoms with Crippen molar-refractivity contribution in [3.05, 3.63) is 0 Å². The Labute approximate surface area is 120 Å². The standard InChI is InChI=1S/C14H25N3O3/c1-4-5-6-9-15-11(18)8-7-10-17-12(19)14(2,3)16-13(17)20/h4-10H2,1-3H3,(H,15,18)(H,16,20). The van der Waals surface area contributed by atoms with Gasteiger partial charge in [-0.1, -0.05) is 19.8 Å². The maximum atomic E-state index is 11.9. The number of unbranched alkanes of at least 4 members (excludes halogenated alkanes) is 2. The fourth-order valence-corrected chi connectivity index (χ4v) is 2.11. The molecule has 1 saturated heterocycles. The third kappa shape index (κ3) is 4.51. The van der Waals surface area contributed by atoms with Crippen LogP contribution in [0.1, 0.15) is 52.9 Å². The molecule has 114 valence electrons. The van der Waals surface area contributed by atoms with Crippen LogP contribution in [0.5, 0.6) is 0 Å². The number of carbonyl (C=O) groups excluding carboxylic acids is 3. The Bertz CT molecular complexity index is 380. The Balaban J connectivity index is 2.22. The van der Waals surface area contributed by atoms with Crippen LogP contribution in [0.25, 0.3) is 0 Å². The van der Waals surface area contributed by atoms with Gasteiger partial charge in [-0.05, 0) is 26.7 Å². The Hall–Kier alpha value is -1.59. The summed E-state index contributed by atoms with van der Waals surface area (Å²) in [6, 6.07) is -0.372. The van der Waals surface area contributed by atoms with Gasteiger partial charge in [0.1, 0.15) is 5.54 Å². The molecule has 0 aliphatic carbocycles. The SMILES string of the molecule is CCCCCNC(=O)CCCN1C(=O)NC(C)(C)C1=O. The maximum absolute atomic E-state index is 11.9. The number of hydrogen-bond acceptors (Lipinski definition) is 3. The summed E-state index contributed by atoms with van der Waals surface area (Å²) in [4.78, 5) is 36.3. The van der Waals surface area contributed by atoms with E-state index in [1.807, 2.05) is 0 Å². The highest BCUT2D eigenvalue weighted by molar-refractivity contribution is 6.06. The van der Waals surface area contributed by atoms with E-state index in [0.29, 0.717) is 19.4 Å². The van der Waals surface area contributed by atoms with E-state index in [1.165, 1.54) is 4.90 Å². The highest BCUT2D eigenvalue weighted by Gasteiger charge is 2.43. The molecule has 0 atom stereocenters. The number of amides is 4. The predicted octanol–water partition coefficient (Wildman–Crippen LogP) is 1.40. The summed E-state index contributed by atoms with van der Waals surface area (Å²) in [5.74, 6) is -0.252. The molecule has 4 amide bonds. The van der Waals surface area contributed by atoms with Crippen LogP contribution in [-0.4, -0.2) is 41.4 Å². The van der Waals surface area contributed by atoms with Crippen molar-refractivity contribution in [2.75, 3.05) is 13.1 Å². The smallest absolute Gasteiger partial charge is 0.325 e. The van der Waals surface area contributed by atoms with E-state index < -0.39 is 5.54 Å². The molecule has 1 aliphatic heterocycles. The van der Waals surface area contributed by atoms with Crippen molar-refractivity contribution in [1.29, 1.82) is 0 Å². The first kappa shape index (κ1) is 16.5. The van der Waals surface area contributed by atoms with Crippen molar-refractivity contribution in [2.24, 2.45) is 0 Å². The van der Waals surface area contributed by atoms with Gasteiger partial charge in [-0.15, -0.1) is 0 Å². The Morgan fingerprint density at radius 1 is 1.25 bits per heavy atom. The minimum absolute atomic E-state index is 0.0209. The average Bonchev–Trinajstić information content (AvgIpc) is 2.56. The summed E-state index contributed by atoms with van der Waals surface area (Å²) >= 11 is 0. The molecule has 0 saturated carbocycles. The zero-order valence-corrected chi connectivity index (χ0v) is 12.6. The van der Waals surface area contributed by atoms with Crippen molar-refractivity contribution in [1.82, 2.24) is 15.5 Å². The van der Waals surface area contributed by atoms with Crippen molar-refractivity contribution in [2.45, 2.75) is 58.4 Å². The van der Waals surface area contributed by atoms with Crippen LogP contribution < -0.4 is 10.6 Å². The highest BCUT2D eigenvalue weighted by atomic mass is 16.2. The molecule has 1 fully saturated rings. The summed E-state index contributed by atoms with van der Waals surface area (Å²) in [6.45, 7) is 6.45. The highest BCUT2D eigenvalue weighted by Crippen LogP contribution is 2.16. The molecule has 0 spiro atoms.